The lowest BCUT2D eigenvalue weighted by molar-refractivity contribution is 0.0697. The number of hydrogen-bond donors (Lipinski definition) is 2. The molecule has 7 heteroatoms. The average molecular weight is 338 g/mol. The van der Waals surface area contributed by atoms with E-state index >= 15 is 0 Å². The molecule has 0 saturated carbocycles. The highest BCUT2D eigenvalue weighted by molar-refractivity contribution is 7.87. The summed E-state index contributed by atoms with van der Waals surface area (Å²) in [5, 5.41) is 19.6. The van der Waals surface area contributed by atoms with Crippen LogP contribution in [0.3, 0.4) is 0 Å². The van der Waals surface area contributed by atoms with Gasteiger partial charge in [-0.2, -0.15) is 8.42 Å². The molecule has 0 spiro atoms. The van der Waals surface area contributed by atoms with Crippen molar-refractivity contribution in [2.45, 2.75) is 31.1 Å². The summed E-state index contributed by atoms with van der Waals surface area (Å²) in [5.41, 5.74) is 0.0374. The van der Waals surface area contributed by atoms with Crippen LogP contribution in [-0.2, 0) is 14.3 Å². The number of aromatic hydroxyl groups is 1. The van der Waals surface area contributed by atoms with Crippen molar-refractivity contribution in [3.05, 3.63) is 35.9 Å². The molecule has 0 bridgehead atoms. The van der Waals surface area contributed by atoms with Crippen molar-refractivity contribution in [2.75, 3.05) is 6.61 Å². The summed E-state index contributed by atoms with van der Waals surface area (Å²) in [5.74, 6) is -1.53. The molecule has 0 aliphatic carbocycles. The SMILES string of the molecule is CCCCCOS(=O)(=O)c1c(O)ccc2cc(C(=O)O)ccc12. The first kappa shape index (κ1) is 17.2. The number of phenolic OH excluding ortho intramolecular Hbond substituents is 1. The Balaban J connectivity index is 2.46. The molecule has 0 aromatic heterocycles. The number of benzene rings is 2. The molecule has 0 radical (unpaired) electrons. The van der Waals surface area contributed by atoms with Crippen molar-refractivity contribution in [2.24, 2.45) is 0 Å². The summed E-state index contributed by atoms with van der Waals surface area (Å²) in [4.78, 5) is 10.7. The van der Waals surface area contributed by atoms with Crippen molar-refractivity contribution >= 4 is 26.9 Å². The molecule has 2 N–H and O–H groups in total. The monoisotopic (exact) mass is 338 g/mol. The molecule has 2 aromatic carbocycles. The molecule has 0 amide bonds. The zero-order chi connectivity index (χ0) is 17.0. The number of carboxylic acids is 1. The van der Waals surface area contributed by atoms with E-state index in [0.29, 0.717) is 11.8 Å². The van der Waals surface area contributed by atoms with Gasteiger partial charge in [0.2, 0.25) is 0 Å². The van der Waals surface area contributed by atoms with Gasteiger partial charge < -0.3 is 10.2 Å². The number of unbranched alkanes of at least 4 members (excludes halogenated alkanes) is 2. The molecule has 0 heterocycles. The van der Waals surface area contributed by atoms with Gasteiger partial charge in [-0.1, -0.05) is 31.9 Å². The fourth-order valence-electron chi connectivity index (χ4n) is 2.27. The summed E-state index contributed by atoms with van der Waals surface area (Å²) in [6.45, 7) is 2.03. The van der Waals surface area contributed by atoms with Crippen molar-refractivity contribution in [3.63, 3.8) is 0 Å². The highest BCUT2D eigenvalue weighted by Gasteiger charge is 2.23. The quantitative estimate of drug-likeness (QED) is 0.594. The molecule has 0 aliphatic heterocycles. The summed E-state index contributed by atoms with van der Waals surface area (Å²) >= 11 is 0. The van der Waals surface area contributed by atoms with Gasteiger partial charge in [-0.25, -0.2) is 4.79 Å². The first-order chi connectivity index (χ1) is 10.9. The Hall–Kier alpha value is -2.12. The molecule has 2 rings (SSSR count). The van der Waals surface area contributed by atoms with E-state index in [9.17, 15) is 18.3 Å². The smallest absolute Gasteiger partial charge is 0.335 e. The Labute approximate surface area is 134 Å². The van der Waals surface area contributed by atoms with E-state index < -0.39 is 21.8 Å². The Morgan fingerprint density at radius 2 is 1.91 bits per heavy atom. The van der Waals surface area contributed by atoms with Gasteiger partial charge >= 0.3 is 16.1 Å². The Bertz CT molecular complexity index is 826. The normalized spacial score (nSPS) is 11.7. The van der Waals surface area contributed by atoms with Gasteiger partial charge in [-0.3, -0.25) is 4.18 Å². The lowest BCUT2D eigenvalue weighted by atomic mass is 10.1. The summed E-state index contributed by atoms with van der Waals surface area (Å²) in [7, 11) is -4.13. The van der Waals surface area contributed by atoms with E-state index in [-0.39, 0.29) is 22.5 Å². The van der Waals surface area contributed by atoms with E-state index in [1.807, 2.05) is 6.92 Å². The number of fused-ring (bicyclic) bond motifs is 1. The minimum absolute atomic E-state index is 0.0374. The van der Waals surface area contributed by atoms with Crippen LogP contribution in [0.15, 0.2) is 35.2 Å². The van der Waals surface area contributed by atoms with Crippen LogP contribution in [-0.4, -0.2) is 31.2 Å². The zero-order valence-corrected chi connectivity index (χ0v) is 13.5. The van der Waals surface area contributed by atoms with Crippen LogP contribution in [0, 0.1) is 0 Å². The van der Waals surface area contributed by atoms with Gasteiger partial charge in [-0.15, -0.1) is 0 Å². The first-order valence-electron chi connectivity index (χ1n) is 7.25. The maximum atomic E-state index is 12.4. The average Bonchev–Trinajstić information content (AvgIpc) is 2.50. The molecule has 0 aliphatic rings. The van der Waals surface area contributed by atoms with Crippen LogP contribution in [0.1, 0.15) is 36.5 Å². The molecule has 0 saturated heterocycles. The van der Waals surface area contributed by atoms with Crippen molar-refractivity contribution in [3.8, 4) is 5.75 Å². The van der Waals surface area contributed by atoms with Crippen molar-refractivity contribution in [1.29, 1.82) is 0 Å². The van der Waals surface area contributed by atoms with Gasteiger partial charge in [0.15, 0.2) is 0 Å². The van der Waals surface area contributed by atoms with Gasteiger partial charge in [0.1, 0.15) is 10.6 Å². The highest BCUT2D eigenvalue weighted by atomic mass is 32.2. The maximum absolute atomic E-state index is 12.4. The Morgan fingerprint density at radius 1 is 1.17 bits per heavy atom. The van der Waals surface area contributed by atoms with Crippen LogP contribution >= 0.6 is 0 Å². The Morgan fingerprint density at radius 3 is 2.57 bits per heavy atom. The molecule has 124 valence electrons. The van der Waals surface area contributed by atoms with Crippen LogP contribution in [0.2, 0.25) is 0 Å². The molecule has 23 heavy (non-hydrogen) atoms. The molecule has 0 atom stereocenters. The number of carbonyl (C=O) groups is 1. The van der Waals surface area contributed by atoms with Crippen LogP contribution in [0.5, 0.6) is 5.75 Å². The second kappa shape index (κ2) is 6.97. The lowest BCUT2D eigenvalue weighted by Gasteiger charge is -2.11. The molecule has 6 nitrogen and oxygen atoms in total. The fraction of sp³-hybridized carbons (Fsp3) is 0.312. The first-order valence-corrected chi connectivity index (χ1v) is 8.66. The summed E-state index contributed by atoms with van der Waals surface area (Å²) in [6, 6.07) is 6.69. The van der Waals surface area contributed by atoms with E-state index in [1.165, 1.54) is 30.3 Å². The number of phenols is 1. The molecular weight excluding hydrogens is 320 g/mol. The number of carboxylic acid groups (broad SMARTS) is 1. The largest absolute Gasteiger partial charge is 0.506 e. The van der Waals surface area contributed by atoms with Crippen LogP contribution in [0.25, 0.3) is 10.8 Å². The minimum atomic E-state index is -4.13. The second-order valence-electron chi connectivity index (χ2n) is 5.14. The molecule has 0 fully saturated rings. The lowest BCUT2D eigenvalue weighted by Crippen LogP contribution is -2.09. The van der Waals surface area contributed by atoms with Crippen molar-refractivity contribution in [1.82, 2.24) is 0 Å². The van der Waals surface area contributed by atoms with Crippen molar-refractivity contribution < 1.29 is 27.6 Å². The van der Waals surface area contributed by atoms with Gasteiger partial charge in [0.25, 0.3) is 0 Å². The topological polar surface area (TPSA) is 101 Å². The summed E-state index contributed by atoms with van der Waals surface area (Å²) in [6.07, 6.45) is 2.38. The zero-order valence-electron chi connectivity index (χ0n) is 12.7. The third-order valence-corrected chi connectivity index (χ3v) is 4.84. The van der Waals surface area contributed by atoms with E-state index in [2.05, 4.69) is 0 Å². The second-order valence-corrected chi connectivity index (χ2v) is 6.69. The van der Waals surface area contributed by atoms with E-state index in [0.717, 1.165) is 12.8 Å². The van der Waals surface area contributed by atoms with Gasteiger partial charge in [-0.05, 0) is 30.0 Å². The molecular formula is C16H18O6S. The maximum Gasteiger partial charge on any atom is 0.335 e. The standard InChI is InChI=1S/C16H18O6S/c1-2-3-4-9-22-23(20,21)15-13-7-5-12(16(18)19)10-11(13)6-8-14(15)17/h5-8,10,17H,2-4,9H2,1H3,(H,18,19). The van der Waals surface area contributed by atoms with Crippen LogP contribution in [0.4, 0.5) is 0 Å². The van der Waals surface area contributed by atoms with E-state index in [4.69, 9.17) is 9.29 Å². The number of rotatable bonds is 7. The molecule has 2 aromatic rings. The number of hydrogen-bond acceptors (Lipinski definition) is 5. The van der Waals surface area contributed by atoms with Gasteiger partial charge in [0.05, 0.1) is 12.2 Å². The predicted molar refractivity (Wildman–Crippen MR) is 85.2 cm³/mol. The third kappa shape index (κ3) is 3.80. The third-order valence-electron chi connectivity index (χ3n) is 3.43. The summed E-state index contributed by atoms with van der Waals surface area (Å²) < 4.78 is 29.7. The highest BCUT2D eigenvalue weighted by Crippen LogP contribution is 2.33. The predicted octanol–water partition coefficient (Wildman–Crippen LogP) is 3.14. The fourth-order valence-corrected chi connectivity index (χ4v) is 3.50. The van der Waals surface area contributed by atoms with Crippen LogP contribution < -0.4 is 0 Å². The van der Waals surface area contributed by atoms with Gasteiger partial charge in [0, 0.05) is 5.39 Å². The minimum Gasteiger partial charge on any atom is -0.506 e. The Kier molecular flexibility index (Phi) is 5.23. The number of aromatic carboxylic acids is 1. The molecule has 0 unspecified atom stereocenters. The van der Waals surface area contributed by atoms with E-state index in [1.54, 1.807) is 0 Å².